The molecular formula is C13H19N2OSi. The zero-order chi connectivity index (χ0) is 12.1. The van der Waals surface area contributed by atoms with Crippen LogP contribution in [0.5, 0.6) is 5.75 Å². The predicted molar refractivity (Wildman–Crippen MR) is 73.5 cm³/mol. The summed E-state index contributed by atoms with van der Waals surface area (Å²) < 4.78 is 5.83. The van der Waals surface area contributed by atoms with Crippen molar-refractivity contribution in [2.45, 2.75) is 25.9 Å². The molecule has 0 atom stereocenters. The molecule has 0 bridgehead atoms. The average Bonchev–Trinajstić information content (AvgIpc) is 2.80. The van der Waals surface area contributed by atoms with E-state index in [9.17, 15) is 0 Å². The van der Waals surface area contributed by atoms with Crippen molar-refractivity contribution in [2.75, 3.05) is 13.1 Å². The molecule has 1 aliphatic heterocycles. The molecule has 1 aromatic rings. The fourth-order valence-electron chi connectivity index (χ4n) is 1.87. The molecule has 1 fully saturated rings. The Balaban J connectivity index is 2.08. The molecule has 0 N–H and O–H groups in total. The van der Waals surface area contributed by atoms with Crippen LogP contribution in [0, 0.1) is 0 Å². The minimum absolute atomic E-state index is 0.733. The fraction of sp³-hybridized carbons (Fsp3) is 0.462. The lowest BCUT2D eigenvalue weighted by Crippen LogP contribution is -2.16. The highest BCUT2D eigenvalue weighted by Crippen LogP contribution is 2.27. The second kappa shape index (κ2) is 5.86. The molecule has 0 unspecified atom stereocenters. The van der Waals surface area contributed by atoms with Crippen LogP contribution in [0.2, 0.25) is 13.1 Å². The number of hydrogen-bond donors (Lipinski definition) is 0. The van der Waals surface area contributed by atoms with Crippen LogP contribution in [-0.4, -0.2) is 33.4 Å². The maximum Gasteiger partial charge on any atom is 0.274 e. The molecule has 17 heavy (non-hydrogen) atoms. The molecule has 0 saturated carbocycles. The van der Waals surface area contributed by atoms with Crippen molar-refractivity contribution in [3.05, 3.63) is 24.3 Å². The Morgan fingerprint density at radius 2 is 1.94 bits per heavy atom. The van der Waals surface area contributed by atoms with E-state index in [1.54, 1.807) is 0 Å². The fourth-order valence-corrected chi connectivity index (χ4v) is 2.48. The molecule has 0 aliphatic carbocycles. The Kier molecular flexibility index (Phi) is 4.20. The highest BCUT2D eigenvalue weighted by atomic mass is 28.3. The average molecular weight is 247 g/mol. The van der Waals surface area contributed by atoms with Crippen LogP contribution in [0.4, 0.5) is 5.69 Å². The summed E-state index contributed by atoms with van der Waals surface area (Å²) in [5.41, 5.74) is 0.936. The van der Waals surface area contributed by atoms with Crippen molar-refractivity contribution in [3.63, 3.8) is 0 Å². The molecule has 4 heteroatoms. The maximum absolute atomic E-state index is 5.83. The minimum Gasteiger partial charge on any atom is -0.541 e. The van der Waals surface area contributed by atoms with Gasteiger partial charge < -0.3 is 9.33 Å². The highest BCUT2D eigenvalue weighted by molar-refractivity contribution is 6.49. The molecule has 1 radical (unpaired) electrons. The quantitative estimate of drug-likeness (QED) is 0.464. The van der Waals surface area contributed by atoms with Gasteiger partial charge in [-0.3, -0.25) is 0 Å². The van der Waals surface area contributed by atoms with Gasteiger partial charge >= 0.3 is 0 Å². The molecule has 0 aromatic heterocycles. The Hall–Kier alpha value is -1.29. The van der Waals surface area contributed by atoms with Crippen molar-refractivity contribution >= 4 is 21.1 Å². The van der Waals surface area contributed by atoms with Crippen LogP contribution in [0.15, 0.2) is 29.3 Å². The largest absolute Gasteiger partial charge is 0.541 e. The Morgan fingerprint density at radius 3 is 2.65 bits per heavy atom. The summed E-state index contributed by atoms with van der Waals surface area (Å²) in [5, 5.41) is 0. The van der Waals surface area contributed by atoms with E-state index in [0.29, 0.717) is 0 Å². The summed E-state index contributed by atoms with van der Waals surface area (Å²) in [5.74, 6) is 0.904. The summed E-state index contributed by atoms with van der Waals surface area (Å²) in [7, 11) is -0.733. The monoisotopic (exact) mass is 247 g/mol. The van der Waals surface area contributed by atoms with Crippen LogP contribution < -0.4 is 4.43 Å². The smallest absolute Gasteiger partial charge is 0.274 e. The van der Waals surface area contributed by atoms with Crippen LogP contribution in [0.1, 0.15) is 12.8 Å². The SMILES string of the molecule is C[Si](C)Oc1ccccc1N=CN1CCCC1. The van der Waals surface area contributed by atoms with Gasteiger partial charge in [-0.15, -0.1) is 0 Å². The van der Waals surface area contributed by atoms with E-state index in [0.717, 1.165) is 24.5 Å². The molecule has 0 amide bonds. The van der Waals surface area contributed by atoms with Gasteiger partial charge in [0.05, 0.1) is 6.34 Å². The number of para-hydroxylation sites is 2. The summed E-state index contributed by atoms with van der Waals surface area (Å²) in [6, 6.07) is 8.00. The second-order valence-electron chi connectivity index (χ2n) is 4.47. The Labute approximate surface area is 105 Å². The third kappa shape index (κ3) is 3.59. The van der Waals surface area contributed by atoms with E-state index < -0.39 is 9.04 Å². The van der Waals surface area contributed by atoms with Crippen LogP contribution in [0.3, 0.4) is 0 Å². The van der Waals surface area contributed by atoms with E-state index in [1.807, 2.05) is 30.6 Å². The standard InChI is InChI=1S/C13H19N2OSi/c1-17(2)16-13-8-4-3-7-12(13)14-11-15-9-5-6-10-15/h3-4,7-8,11H,5-6,9-10H2,1-2H3. The predicted octanol–water partition coefficient (Wildman–Crippen LogP) is 3.07. The first-order valence-corrected chi connectivity index (χ1v) is 8.52. The van der Waals surface area contributed by atoms with E-state index in [2.05, 4.69) is 23.0 Å². The Morgan fingerprint density at radius 1 is 1.24 bits per heavy atom. The van der Waals surface area contributed by atoms with Gasteiger partial charge in [0, 0.05) is 13.1 Å². The summed E-state index contributed by atoms with van der Waals surface area (Å²) in [6.07, 6.45) is 4.51. The molecule has 1 saturated heterocycles. The number of nitrogens with zero attached hydrogens (tertiary/aromatic N) is 2. The molecule has 91 valence electrons. The summed E-state index contributed by atoms with van der Waals surface area (Å²) in [6.45, 7) is 6.52. The van der Waals surface area contributed by atoms with Gasteiger partial charge in [0.15, 0.2) is 0 Å². The van der Waals surface area contributed by atoms with Crippen LogP contribution in [0.25, 0.3) is 0 Å². The molecular weight excluding hydrogens is 228 g/mol. The van der Waals surface area contributed by atoms with Crippen molar-refractivity contribution in [2.24, 2.45) is 4.99 Å². The van der Waals surface area contributed by atoms with Crippen molar-refractivity contribution in [1.82, 2.24) is 4.90 Å². The molecule has 1 aromatic carbocycles. The van der Waals surface area contributed by atoms with E-state index in [-0.39, 0.29) is 0 Å². The van der Waals surface area contributed by atoms with Gasteiger partial charge in [-0.05, 0) is 38.1 Å². The summed E-state index contributed by atoms with van der Waals surface area (Å²) >= 11 is 0. The van der Waals surface area contributed by atoms with Gasteiger partial charge in [0.25, 0.3) is 9.04 Å². The molecule has 0 spiro atoms. The third-order valence-electron chi connectivity index (χ3n) is 2.68. The second-order valence-corrected chi connectivity index (χ2v) is 6.49. The van der Waals surface area contributed by atoms with E-state index in [4.69, 9.17) is 4.43 Å². The van der Waals surface area contributed by atoms with Gasteiger partial charge in [-0.1, -0.05) is 12.1 Å². The Bertz CT molecular complexity index is 387. The number of hydrogen-bond acceptors (Lipinski definition) is 2. The van der Waals surface area contributed by atoms with Crippen LogP contribution >= 0.6 is 0 Å². The van der Waals surface area contributed by atoms with Crippen molar-refractivity contribution in [1.29, 1.82) is 0 Å². The molecule has 1 heterocycles. The highest BCUT2D eigenvalue weighted by Gasteiger charge is 2.08. The minimum atomic E-state index is -0.733. The lowest BCUT2D eigenvalue weighted by molar-refractivity contribution is 0.535. The lowest BCUT2D eigenvalue weighted by Gasteiger charge is -2.12. The van der Waals surface area contributed by atoms with Crippen molar-refractivity contribution < 1.29 is 4.43 Å². The maximum atomic E-state index is 5.83. The van der Waals surface area contributed by atoms with Crippen LogP contribution in [-0.2, 0) is 0 Å². The number of likely N-dealkylation sites (tertiary alicyclic amines) is 1. The summed E-state index contributed by atoms with van der Waals surface area (Å²) in [4.78, 5) is 6.80. The van der Waals surface area contributed by atoms with E-state index >= 15 is 0 Å². The number of benzene rings is 1. The first-order chi connectivity index (χ1) is 8.25. The van der Waals surface area contributed by atoms with Gasteiger partial charge in [-0.2, -0.15) is 0 Å². The molecule has 3 nitrogen and oxygen atoms in total. The first kappa shape index (κ1) is 12.2. The zero-order valence-corrected chi connectivity index (χ0v) is 11.5. The van der Waals surface area contributed by atoms with Gasteiger partial charge in [-0.25, -0.2) is 4.99 Å². The van der Waals surface area contributed by atoms with Gasteiger partial charge in [0.2, 0.25) is 0 Å². The lowest BCUT2D eigenvalue weighted by atomic mass is 10.3. The first-order valence-electron chi connectivity index (χ1n) is 6.11. The van der Waals surface area contributed by atoms with E-state index in [1.165, 1.54) is 12.8 Å². The van der Waals surface area contributed by atoms with Gasteiger partial charge in [0.1, 0.15) is 11.4 Å². The molecule has 1 aliphatic rings. The van der Waals surface area contributed by atoms with Crippen molar-refractivity contribution in [3.8, 4) is 5.75 Å². The number of aliphatic imine (C=N–C) groups is 1. The third-order valence-corrected chi connectivity index (χ3v) is 3.31. The number of rotatable bonds is 4. The zero-order valence-electron chi connectivity index (χ0n) is 10.5. The molecule has 2 rings (SSSR count). The topological polar surface area (TPSA) is 24.8 Å². The normalized spacial score (nSPS) is 16.1.